The number of allylic oxidation sites excluding steroid dienone is 2. The summed E-state index contributed by atoms with van der Waals surface area (Å²) in [5.74, 6) is 0.593. The van der Waals surface area contributed by atoms with Crippen LogP contribution in [0.1, 0.15) is 32.1 Å². The first kappa shape index (κ1) is 10.7. The number of nitrogens with two attached hydrogens (primary N) is 1. The lowest BCUT2D eigenvalue weighted by Crippen LogP contribution is -2.45. The van der Waals surface area contributed by atoms with Crippen LogP contribution in [0.25, 0.3) is 0 Å². The van der Waals surface area contributed by atoms with E-state index in [9.17, 15) is 4.79 Å². The summed E-state index contributed by atoms with van der Waals surface area (Å²) in [6.45, 7) is 1.72. The van der Waals surface area contributed by atoms with E-state index in [0.717, 1.165) is 45.2 Å². The Morgan fingerprint density at radius 2 is 1.93 bits per heavy atom. The van der Waals surface area contributed by atoms with Crippen LogP contribution in [-0.2, 0) is 4.79 Å². The van der Waals surface area contributed by atoms with Gasteiger partial charge in [-0.1, -0.05) is 12.2 Å². The van der Waals surface area contributed by atoms with Crippen molar-refractivity contribution in [3.05, 3.63) is 12.2 Å². The standard InChI is InChI=1S/C12H20N2O/c13-11-6-8-14(9-7-11)12(15)10-4-2-1-3-5-10/h1-2,10-11H,3-9,13H2. The smallest absolute Gasteiger partial charge is 0.226 e. The monoisotopic (exact) mass is 208 g/mol. The largest absolute Gasteiger partial charge is 0.342 e. The summed E-state index contributed by atoms with van der Waals surface area (Å²) in [5.41, 5.74) is 5.83. The Morgan fingerprint density at radius 1 is 1.20 bits per heavy atom. The summed E-state index contributed by atoms with van der Waals surface area (Å²) in [6, 6.07) is 0.306. The maximum absolute atomic E-state index is 12.1. The van der Waals surface area contributed by atoms with E-state index in [1.807, 2.05) is 4.90 Å². The topological polar surface area (TPSA) is 46.3 Å². The molecule has 2 rings (SSSR count). The lowest BCUT2D eigenvalue weighted by atomic mass is 9.92. The first-order valence-corrected chi connectivity index (χ1v) is 5.97. The number of rotatable bonds is 1. The molecular formula is C12H20N2O. The van der Waals surface area contributed by atoms with E-state index < -0.39 is 0 Å². The Balaban J connectivity index is 1.87. The van der Waals surface area contributed by atoms with Crippen LogP contribution in [0.15, 0.2) is 12.2 Å². The fourth-order valence-electron chi connectivity index (χ4n) is 2.40. The maximum atomic E-state index is 12.1. The predicted molar refractivity (Wildman–Crippen MR) is 60.3 cm³/mol. The Kier molecular flexibility index (Phi) is 3.41. The van der Waals surface area contributed by atoms with Crippen LogP contribution in [0.4, 0.5) is 0 Å². The van der Waals surface area contributed by atoms with Crippen LogP contribution >= 0.6 is 0 Å². The predicted octanol–water partition coefficient (Wildman–Crippen LogP) is 1.29. The number of likely N-dealkylation sites (tertiary alicyclic amines) is 1. The lowest BCUT2D eigenvalue weighted by Gasteiger charge is -2.33. The van der Waals surface area contributed by atoms with E-state index in [4.69, 9.17) is 5.73 Å². The van der Waals surface area contributed by atoms with Gasteiger partial charge in [0, 0.05) is 25.0 Å². The molecule has 1 aliphatic heterocycles. The summed E-state index contributed by atoms with van der Waals surface area (Å²) in [4.78, 5) is 14.1. The molecule has 1 atom stereocenters. The van der Waals surface area contributed by atoms with Crippen molar-refractivity contribution in [1.29, 1.82) is 0 Å². The number of piperidine rings is 1. The Hall–Kier alpha value is -0.830. The molecule has 0 bridgehead atoms. The highest BCUT2D eigenvalue weighted by Crippen LogP contribution is 2.22. The molecule has 0 aromatic carbocycles. The Bertz CT molecular complexity index is 254. The summed E-state index contributed by atoms with van der Waals surface area (Å²) in [7, 11) is 0. The van der Waals surface area contributed by atoms with Crippen LogP contribution < -0.4 is 5.73 Å². The van der Waals surface area contributed by atoms with Crippen LogP contribution in [0.5, 0.6) is 0 Å². The fraction of sp³-hybridized carbons (Fsp3) is 0.750. The molecule has 2 N–H and O–H groups in total. The molecule has 15 heavy (non-hydrogen) atoms. The van der Waals surface area contributed by atoms with E-state index >= 15 is 0 Å². The Labute approximate surface area is 91.3 Å². The molecule has 3 heteroatoms. The van der Waals surface area contributed by atoms with Gasteiger partial charge in [0.2, 0.25) is 5.91 Å². The highest BCUT2D eigenvalue weighted by molar-refractivity contribution is 5.79. The van der Waals surface area contributed by atoms with Gasteiger partial charge in [-0.05, 0) is 32.1 Å². The average Bonchev–Trinajstić information content (AvgIpc) is 2.30. The molecule has 0 saturated carbocycles. The number of amides is 1. The second kappa shape index (κ2) is 4.79. The second-order valence-electron chi connectivity index (χ2n) is 4.64. The zero-order chi connectivity index (χ0) is 10.7. The van der Waals surface area contributed by atoms with Gasteiger partial charge in [0.25, 0.3) is 0 Å². The summed E-state index contributed by atoms with van der Waals surface area (Å²) < 4.78 is 0. The number of hydrogen-bond acceptors (Lipinski definition) is 2. The highest BCUT2D eigenvalue weighted by atomic mass is 16.2. The zero-order valence-electron chi connectivity index (χ0n) is 9.19. The van der Waals surface area contributed by atoms with Gasteiger partial charge >= 0.3 is 0 Å². The zero-order valence-corrected chi connectivity index (χ0v) is 9.19. The molecule has 1 amide bonds. The van der Waals surface area contributed by atoms with Crippen molar-refractivity contribution in [3.8, 4) is 0 Å². The Morgan fingerprint density at radius 3 is 2.53 bits per heavy atom. The maximum Gasteiger partial charge on any atom is 0.226 e. The molecule has 0 aromatic heterocycles. The molecule has 0 spiro atoms. The lowest BCUT2D eigenvalue weighted by molar-refractivity contribution is -0.136. The van der Waals surface area contributed by atoms with Gasteiger partial charge in [-0.25, -0.2) is 0 Å². The van der Waals surface area contributed by atoms with E-state index in [1.54, 1.807) is 0 Å². The van der Waals surface area contributed by atoms with Gasteiger partial charge in [-0.3, -0.25) is 4.79 Å². The minimum absolute atomic E-state index is 0.240. The van der Waals surface area contributed by atoms with E-state index in [0.29, 0.717) is 11.9 Å². The fourth-order valence-corrected chi connectivity index (χ4v) is 2.40. The van der Waals surface area contributed by atoms with Gasteiger partial charge in [0.15, 0.2) is 0 Å². The van der Waals surface area contributed by atoms with Crippen molar-refractivity contribution in [2.45, 2.75) is 38.1 Å². The number of nitrogens with zero attached hydrogens (tertiary/aromatic N) is 1. The van der Waals surface area contributed by atoms with E-state index in [1.165, 1.54) is 0 Å². The molecule has 0 aromatic rings. The van der Waals surface area contributed by atoms with Crippen LogP contribution in [0.2, 0.25) is 0 Å². The average molecular weight is 208 g/mol. The van der Waals surface area contributed by atoms with Crippen LogP contribution in [-0.4, -0.2) is 29.9 Å². The third kappa shape index (κ3) is 2.59. The quantitative estimate of drug-likeness (QED) is 0.660. The third-order valence-electron chi connectivity index (χ3n) is 3.47. The van der Waals surface area contributed by atoms with Crippen molar-refractivity contribution in [2.75, 3.05) is 13.1 Å². The molecule has 2 aliphatic rings. The summed E-state index contributed by atoms with van der Waals surface area (Å²) >= 11 is 0. The highest BCUT2D eigenvalue weighted by Gasteiger charge is 2.26. The summed E-state index contributed by atoms with van der Waals surface area (Å²) in [5, 5.41) is 0. The molecule has 84 valence electrons. The number of carbonyl (C=O) groups is 1. The molecule has 1 fully saturated rings. The minimum Gasteiger partial charge on any atom is -0.342 e. The van der Waals surface area contributed by atoms with Crippen LogP contribution in [0.3, 0.4) is 0 Å². The van der Waals surface area contributed by atoms with Crippen molar-refractivity contribution in [3.63, 3.8) is 0 Å². The molecule has 0 radical (unpaired) electrons. The number of carbonyl (C=O) groups excluding carboxylic acids is 1. The SMILES string of the molecule is NC1CCN(C(=O)C2CC=CCC2)CC1. The van der Waals surface area contributed by atoms with Crippen molar-refractivity contribution in [2.24, 2.45) is 11.7 Å². The molecule has 1 unspecified atom stereocenters. The van der Waals surface area contributed by atoms with E-state index in [2.05, 4.69) is 12.2 Å². The van der Waals surface area contributed by atoms with Gasteiger partial charge < -0.3 is 10.6 Å². The van der Waals surface area contributed by atoms with E-state index in [-0.39, 0.29) is 5.92 Å². The normalized spacial score (nSPS) is 28.1. The first-order chi connectivity index (χ1) is 7.27. The van der Waals surface area contributed by atoms with Crippen LogP contribution in [0, 0.1) is 5.92 Å². The second-order valence-corrected chi connectivity index (χ2v) is 4.64. The molecule has 3 nitrogen and oxygen atoms in total. The molecule has 1 saturated heterocycles. The first-order valence-electron chi connectivity index (χ1n) is 5.97. The van der Waals surface area contributed by atoms with Crippen molar-refractivity contribution < 1.29 is 4.79 Å². The minimum atomic E-state index is 0.240. The van der Waals surface area contributed by atoms with Crippen molar-refractivity contribution in [1.82, 2.24) is 4.90 Å². The molecule has 1 heterocycles. The van der Waals surface area contributed by atoms with Gasteiger partial charge in [0.05, 0.1) is 0 Å². The number of hydrogen-bond donors (Lipinski definition) is 1. The summed E-state index contributed by atoms with van der Waals surface area (Å²) in [6.07, 6.45) is 9.27. The van der Waals surface area contributed by atoms with Gasteiger partial charge in [-0.2, -0.15) is 0 Å². The van der Waals surface area contributed by atoms with Gasteiger partial charge in [-0.15, -0.1) is 0 Å². The van der Waals surface area contributed by atoms with Gasteiger partial charge in [0.1, 0.15) is 0 Å². The third-order valence-corrected chi connectivity index (χ3v) is 3.47. The molecule has 1 aliphatic carbocycles. The molecular weight excluding hydrogens is 188 g/mol. The van der Waals surface area contributed by atoms with Crippen molar-refractivity contribution >= 4 is 5.91 Å².